The lowest BCUT2D eigenvalue weighted by Crippen LogP contribution is -2.09. The van der Waals surface area contributed by atoms with Gasteiger partial charge in [0.2, 0.25) is 9.84 Å². The van der Waals surface area contributed by atoms with Crippen LogP contribution in [0.25, 0.3) is 5.69 Å². The first-order valence-corrected chi connectivity index (χ1v) is 7.99. The molecule has 0 atom stereocenters. The lowest BCUT2D eigenvalue weighted by atomic mass is 10.1. The Morgan fingerprint density at radius 2 is 1.89 bits per heavy atom. The Labute approximate surface area is 112 Å². The number of hydrogen-bond acceptors (Lipinski definition) is 5. The fraction of sp³-hybridized carbons (Fsp3) is 0.417. The van der Waals surface area contributed by atoms with Crippen LogP contribution in [-0.4, -0.2) is 34.9 Å². The largest absolute Gasteiger partial charge is 0.272 e. The van der Waals surface area contributed by atoms with E-state index in [1.54, 1.807) is 0 Å². The van der Waals surface area contributed by atoms with Crippen LogP contribution in [0.1, 0.15) is 25.3 Å². The molecule has 102 valence electrons. The zero-order chi connectivity index (χ0) is 13.9. The van der Waals surface area contributed by atoms with Crippen LogP contribution in [0.3, 0.4) is 0 Å². The Kier molecular flexibility index (Phi) is 3.94. The Balaban J connectivity index is 2.31. The van der Waals surface area contributed by atoms with Crippen LogP contribution in [0.15, 0.2) is 29.4 Å². The molecule has 0 spiro atoms. The van der Waals surface area contributed by atoms with Crippen LogP contribution >= 0.6 is 0 Å². The topological polar surface area (TPSA) is 77.7 Å². The molecule has 0 amide bonds. The van der Waals surface area contributed by atoms with Crippen molar-refractivity contribution in [1.29, 1.82) is 0 Å². The third-order valence-corrected chi connectivity index (χ3v) is 3.69. The summed E-state index contributed by atoms with van der Waals surface area (Å²) in [6.45, 7) is 2.15. The molecule has 0 N–H and O–H groups in total. The molecule has 2 rings (SSSR count). The van der Waals surface area contributed by atoms with Gasteiger partial charge in [-0.2, -0.15) is 4.68 Å². The summed E-state index contributed by atoms with van der Waals surface area (Å²) in [5.74, 6) is 0. The van der Waals surface area contributed by atoms with E-state index in [0.717, 1.165) is 25.5 Å². The zero-order valence-electron chi connectivity index (χ0n) is 10.9. The van der Waals surface area contributed by atoms with E-state index in [1.165, 1.54) is 10.2 Å². The maximum atomic E-state index is 11.5. The van der Waals surface area contributed by atoms with Gasteiger partial charge in [0.25, 0.3) is 5.16 Å². The molecular weight excluding hydrogens is 264 g/mol. The number of sulfone groups is 1. The molecule has 0 bridgehead atoms. The highest BCUT2D eigenvalue weighted by Gasteiger charge is 2.18. The van der Waals surface area contributed by atoms with Crippen LogP contribution in [-0.2, 0) is 16.3 Å². The van der Waals surface area contributed by atoms with Gasteiger partial charge in [-0.05, 0) is 41.0 Å². The predicted molar refractivity (Wildman–Crippen MR) is 70.9 cm³/mol. The highest BCUT2D eigenvalue weighted by atomic mass is 32.2. The third kappa shape index (κ3) is 3.17. The molecule has 2 aromatic rings. The van der Waals surface area contributed by atoms with E-state index in [1.807, 2.05) is 24.3 Å². The van der Waals surface area contributed by atoms with Crippen molar-refractivity contribution in [2.45, 2.75) is 31.3 Å². The maximum Gasteiger partial charge on any atom is 0.272 e. The van der Waals surface area contributed by atoms with Gasteiger partial charge in [-0.1, -0.05) is 30.6 Å². The number of benzene rings is 1. The van der Waals surface area contributed by atoms with E-state index < -0.39 is 9.84 Å². The Bertz CT molecular complexity index is 647. The standard InChI is InChI=1S/C12H16N4O2S/c1-3-4-5-10-6-8-11(9-7-10)16-12(13-14-15-16)19(2,17)18/h6-9H,3-5H2,1-2H3. The van der Waals surface area contributed by atoms with E-state index in [-0.39, 0.29) is 5.16 Å². The summed E-state index contributed by atoms with van der Waals surface area (Å²) in [7, 11) is -3.44. The summed E-state index contributed by atoms with van der Waals surface area (Å²) < 4.78 is 24.3. The minimum Gasteiger partial charge on any atom is -0.221 e. The second-order valence-corrected chi connectivity index (χ2v) is 6.32. The molecule has 0 aliphatic carbocycles. The number of unbranched alkanes of at least 4 members (excludes halogenated alkanes) is 1. The van der Waals surface area contributed by atoms with Crippen LogP contribution in [0, 0.1) is 0 Å². The molecule has 0 fully saturated rings. The van der Waals surface area contributed by atoms with Gasteiger partial charge in [-0.25, -0.2) is 8.42 Å². The average molecular weight is 280 g/mol. The second kappa shape index (κ2) is 5.48. The minimum atomic E-state index is -3.44. The normalized spacial score (nSPS) is 11.7. The molecule has 0 aliphatic heterocycles. The van der Waals surface area contributed by atoms with Crippen molar-refractivity contribution in [3.8, 4) is 5.69 Å². The summed E-state index contributed by atoms with van der Waals surface area (Å²) in [5.41, 5.74) is 1.87. The summed E-state index contributed by atoms with van der Waals surface area (Å²) in [5, 5.41) is 10.5. The number of nitrogens with zero attached hydrogens (tertiary/aromatic N) is 4. The number of rotatable bonds is 5. The van der Waals surface area contributed by atoms with E-state index in [9.17, 15) is 8.42 Å². The van der Waals surface area contributed by atoms with Gasteiger partial charge in [-0.3, -0.25) is 0 Å². The summed E-state index contributed by atoms with van der Waals surface area (Å²) in [6.07, 6.45) is 4.39. The highest BCUT2D eigenvalue weighted by Crippen LogP contribution is 2.14. The third-order valence-electron chi connectivity index (χ3n) is 2.77. The van der Waals surface area contributed by atoms with Crippen molar-refractivity contribution in [2.75, 3.05) is 6.26 Å². The molecule has 0 aliphatic rings. The average Bonchev–Trinajstić information content (AvgIpc) is 2.86. The van der Waals surface area contributed by atoms with Gasteiger partial charge in [0.15, 0.2) is 0 Å². The van der Waals surface area contributed by atoms with Crippen molar-refractivity contribution in [1.82, 2.24) is 20.2 Å². The quantitative estimate of drug-likeness (QED) is 0.827. The van der Waals surface area contributed by atoms with Crippen LogP contribution in [0.4, 0.5) is 0 Å². The molecular formula is C12H16N4O2S. The molecule has 1 aromatic heterocycles. The molecule has 0 unspecified atom stereocenters. The summed E-state index contributed by atoms with van der Waals surface area (Å²) >= 11 is 0. The van der Waals surface area contributed by atoms with E-state index in [4.69, 9.17) is 0 Å². The monoisotopic (exact) mass is 280 g/mol. The molecule has 0 saturated carbocycles. The summed E-state index contributed by atoms with van der Waals surface area (Å²) in [6, 6.07) is 7.60. The smallest absolute Gasteiger partial charge is 0.221 e. The zero-order valence-corrected chi connectivity index (χ0v) is 11.8. The number of tetrazole rings is 1. The van der Waals surface area contributed by atoms with Gasteiger partial charge in [0.1, 0.15) is 0 Å². The lowest BCUT2D eigenvalue weighted by Gasteiger charge is -2.04. The summed E-state index contributed by atoms with van der Waals surface area (Å²) in [4.78, 5) is 0. The lowest BCUT2D eigenvalue weighted by molar-refractivity contribution is 0.586. The highest BCUT2D eigenvalue weighted by molar-refractivity contribution is 7.90. The Morgan fingerprint density at radius 3 is 2.47 bits per heavy atom. The van der Waals surface area contributed by atoms with Crippen LogP contribution in [0.5, 0.6) is 0 Å². The van der Waals surface area contributed by atoms with Gasteiger partial charge in [0, 0.05) is 6.26 Å². The van der Waals surface area contributed by atoms with Crippen molar-refractivity contribution in [3.63, 3.8) is 0 Å². The molecule has 7 heteroatoms. The Hall–Kier alpha value is -1.76. The van der Waals surface area contributed by atoms with Gasteiger partial charge < -0.3 is 0 Å². The van der Waals surface area contributed by atoms with Crippen molar-refractivity contribution in [2.24, 2.45) is 0 Å². The van der Waals surface area contributed by atoms with Crippen molar-refractivity contribution in [3.05, 3.63) is 29.8 Å². The molecule has 0 radical (unpaired) electrons. The molecule has 1 aromatic carbocycles. The molecule has 0 saturated heterocycles. The fourth-order valence-electron chi connectivity index (χ4n) is 1.76. The van der Waals surface area contributed by atoms with Gasteiger partial charge >= 0.3 is 0 Å². The SMILES string of the molecule is CCCCc1ccc(-n2nnnc2S(C)(=O)=O)cc1. The minimum absolute atomic E-state index is 0.145. The number of hydrogen-bond donors (Lipinski definition) is 0. The van der Waals surface area contributed by atoms with Crippen molar-refractivity contribution < 1.29 is 8.42 Å². The molecule has 19 heavy (non-hydrogen) atoms. The van der Waals surface area contributed by atoms with Crippen LogP contribution < -0.4 is 0 Å². The fourth-order valence-corrected chi connectivity index (χ4v) is 2.40. The number of aryl methyl sites for hydroxylation is 1. The first-order chi connectivity index (χ1) is 9.02. The second-order valence-electron chi connectivity index (χ2n) is 4.42. The van der Waals surface area contributed by atoms with Crippen molar-refractivity contribution >= 4 is 9.84 Å². The first kappa shape index (κ1) is 13.7. The molecule has 1 heterocycles. The maximum absolute atomic E-state index is 11.5. The molecule has 6 nitrogen and oxygen atoms in total. The van der Waals surface area contributed by atoms with Gasteiger partial charge in [-0.15, -0.1) is 0 Å². The van der Waals surface area contributed by atoms with E-state index in [0.29, 0.717) is 5.69 Å². The van der Waals surface area contributed by atoms with Crippen LogP contribution in [0.2, 0.25) is 0 Å². The van der Waals surface area contributed by atoms with E-state index in [2.05, 4.69) is 22.4 Å². The Morgan fingerprint density at radius 1 is 1.21 bits per heavy atom. The predicted octanol–water partition coefficient (Wildman–Crippen LogP) is 1.41. The van der Waals surface area contributed by atoms with Gasteiger partial charge in [0.05, 0.1) is 5.69 Å². The number of aromatic nitrogens is 4. The van der Waals surface area contributed by atoms with E-state index >= 15 is 0 Å². The first-order valence-electron chi connectivity index (χ1n) is 6.10.